The van der Waals surface area contributed by atoms with Crippen molar-refractivity contribution >= 4 is 5.97 Å². The highest BCUT2D eigenvalue weighted by molar-refractivity contribution is 5.77. The highest BCUT2D eigenvalue weighted by Gasteiger charge is 2.47. The van der Waals surface area contributed by atoms with Gasteiger partial charge in [0.25, 0.3) is 0 Å². The third-order valence-corrected chi connectivity index (χ3v) is 8.06. The largest absolute Gasteiger partial charge is 0.586 e. The Morgan fingerprint density at radius 1 is 1.09 bits per heavy atom. The van der Waals surface area contributed by atoms with Gasteiger partial charge in [-0.3, -0.25) is 0 Å². The number of ether oxygens (including phenoxy) is 4. The molecule has 0 saturated heterocycles. The summed E-state index contributed by atoms with van der Waals surface area (Å²) in [6, 6.07) is 7.05. The molecule has 6 rings (SSSR count). The number of fused-ring (bicyclic) bond motifs is 2. The maximum Gasteiger partial charge on any atom is 0.586 e. The molecular formula is C29H28F5N3O6. The van der Waals surface area contributed by atoms with Gasteiger partial charge in [0.15, 0.2) is 22.8 Å². The highest BCUT2D eigenvalue weighted by atomic mass is 19.4. The lowest BCUT2D eigenvalue weighted by Crippen LogP contribution is -2.45. The Balaban J connectivity index is 1.33. The number of carboxylic acid groups (broad SMARTS) is 1. The van der Waals surface area contributed by atoms with Gasteiger partial charge in [0.2, 0.25) is 5.88 Å². The minimum Gasteiger partial charge on any atom is -0.479 e. The van der Waals surface area contributed by atoms with Crippen molar-refractivity contribution < 1.29 is 50.8 Å². The van der Waals surface area contributed by atoms with Crippen molar-refractivity contribution in [1.29, 1.82) is 0 Å². The number of aromatic nitrogens is 3. The van der Waals surface area contributed by atoms with Gasteiger partial charge in [0.1, 0.15) is 12.2 Å². The molecule has 14 heteroatoms. The van der Waals surface area contributed by atoms with Crippen LogP contribution in [0, 0.1) is 0 Å². The van der Waals surface area contributed by atoms with Crippen LogP contribution < -0.4 is 14.2 Å². The van der Waals surface area contributed by atoms with Crippen LogP contribution in [0.2, 0.25) is 0 Å². The Hall–Kier alpha value is -3.94. The molecule has 2 atom stereocenters. The van der Waals surface area contributed by atoms with Gasteiger partial charge in [0.05, 0.1) is 11.4 Å². The summed E-state index contributed by atoms with van der Waals surface area (Å²) in [5, 5.41) is 14.0. The van der Waals surface area contributed by atoms with E-state index in [0.717, 1.165) is 11.1 Å². The van der Waals surface area contributed by atoms with Crippen LogP contribution in [0.15, 0.2) is 36.5 Å². The lowest BCUT2D eigenvalue weighted by Gasteiger charge is -2.38. The zero-order valence-electron chi connectivity index (χ0n) is 23.0. The topological polar surface area (TPSA) is 105 Å². The van der Waals surface area contributed by atoms with Crippen molar-refractivity contribution in [2.24, 2.45) is 0 Å². The summed E-state index contributed by atoms with van der Waals surface area (Å²) in [6.07, 6.45) is -5.30. The van der Waals surface area contributed by atoms with Crippen LogP contribution in [-0.4, -0.2) is 37.7 Å². The zero-order chi connectivity index (χ0) is 30.6. The molecule has 2 aromatic heterocycles. The molecule has 1 fully saturated rings. The van der Waals surface area contributed by atoms with Crippen molar-refractivity contribution in [2.45, 2.75) is 88.6 Å². The predicted octanol–water partition coefficient (Wildman–Crippen LogP) is 6.93. The highest BCUT2D eigenvalue weighted by Crippen LogP contribution is 2.46. The number of nitrogens with zero attached hydrogens (tertiary/aromatic N) is 3. The molecule has 3 aliphatic rings. The van der Waals surface area contributed by atoms with Crippen molar-refractivity contribution in [3.63, 3.8) is 0 Å². The first-order valence-electron chi connectivity index (χ1n) is 14.0. The second-order valence-corrected chi connectivity index (χ2v) is 11.0. The third kappa shape index (κ3) is 5.59. The summed E-state index contributed by atoms with van der Waals surface area (Å²) in [7, 11) is 0. The second-order valence-electron chi connectivity index (χ2n) is 11.0. The fraction of sp³-hybridized carbons (Fsp3) is 0.483. The van der Waals surface area contributed by atoms with Gasteiger partial charge in [-0.2, -0.15) is 18.3 Å². The lowest BCUT2D eigenvalue weighted by molar-refractivity contribution is -0.286. The molecule has 3 heterocycles. The Labute approximate surface area is 242 Å². The average Bonchev–Trinajstić information content (AvgIpc) is 3.50. The fourth-order valence-corrected chi connectivity index (χ4v) is 6.02. The lowest BCUT2D eigenvalue weighted by atomic mass is 9.83. The molecule has 1 aliphatic heterocycles. The number of carbonyl (C=O) groups is 1. The average molecular weight is 610 g/mol. The van der Waals surface area contributed by atoms with E-state index in [0.29, 0.717) is 31.2 Å². The zero-order valence-corrected chi connectivity index (χ0v) is 23.0. The van der Waals surface area contributed by atoms with Crippen molar-refractivity contribution in [1.82, 2.24) is 14.8 Å². The number of benzene rings is 1. The molecule has 0 unspecified atom stereocenters. The van der Waals surface area contributed by atoms with Gasteiger partial charge >= 0.3 is 18.4 Å². The van der Waals surface area contributed by atoms with Gasteiger partial charge in [-0.25, -0.2) is 14.5 Å². The number of hydrogen-bond donors (Lipinski definition) is 1. The molecule has 0 radical (unpaired) electrons. The van der Waals surface area contributed by atoms with Crippen LogP contribution in [0.4, 0.5) is 22.0 Å². The van der Waals surface area contributed by atoms with E-state index in [-0.39, 0.29) is 53.6 Å². The van der Waals surface area contributed by atoms with E-state index >= 15 is 0 Å². The van der Waals surface area contributed by atoms with E-state index in [1.807, 2.05) is 0 Å². The second kappa shape index (κ2) is 10.6. The monoisotopic (exact) mass is 609 g/mol. The van der Waals surface area contributed by atoms with Gasteiger partial charge in [-0.15, -0.1) is 8.78 Å². The van der Waals surface area contributed by atoms with E-state index in [1.54, 1.807) is 6.92 Å². The van der Waals surface area contributed by atoms with Crippen molar-refractivity contribution in [3.8, 4) is 23.1 Å². The summed E-state index contributed by atoms with van der Waals surface area (Å²) in [4.78, 5) is 16.5. The van der Waals surface area contributed by atoms with Crippen LogP contribution in [0.3, 0.4) is 0 Å². The number of alkyl halides is 5. The minimum atomic E-state index is -4.75. The Bertz CT molecular complexity index is 1540. The van der Waals surface area contributed by atoms with Crippen LogP contribution >= 0.6 is 0 Å². The van der Waals surface area contributed by atoms with Crippen LogP contribution in [0.5, 0.6) is 17.4 Å². The first-order valence-corrected chi connectivity index (χ1v) is 14.0. The molecule has 2 aliphatic carbocycles. The summed E-state index contributed by atoms with van der Waals surface area (Å²) in [5.74, 6) is -1.37. The van der Waals surface area contributed by atoms with E-state index in [4.69, 9.17) is 9.47 Å². The molecule has 0 amide bonds. The molecular weight excluding hydrogens is 581 g/mol. The third-order valence-electron chi connectivity index (χ3n) is 8.06. The number of rotatable bonds is 7. The number of aliphatic carboxylic acids is 1. The van der Waals surface area contributed by atoms with Crippen LogP contribution in [-0.2, 0) is 22.1 Å². The van der Waals surface area contributed by atoms with E-state index in [2.05, 4.69) is 19.6 Å². The Morgan fingerprint density at radius 3 is 2.56 bits per heavy atom. The summed E-state index contributed by atoms with van der Waals surface area (Å²) < 4.78 is 91.6. The van der Waals surface area contributed by atoms with Crippen LogP contribution in [0.25, 0.3) is 5.69 Å². The number of halogens is 5. The summed E-state index contributed by atoms with van der Waals surface area (Å²) in [6.45, 7) is 1.64. The van der Waals surface area contributed by atoms with E-state index in [1.165, 1.54) is 36.5 Å². The first kappa shape index (κ1) is 29.1. The van der Waals surface area contributed by atoms with Gasteiger partial charge < -0.3 is 24.1 Å². The van der Waals surface area contributed by atoms with Gasteiger partial charge in [-0.05, 0) is 75.6 Å². The normalized spacial score (nSPS) is 21.2. The molecule has 3 aromatic rings. The first-order chi connectivity index (χ1) is 20.4. The quantitative estimate of drug-likeness (QED) is 0.288. The molecule has 0 bridgehead atoms. The summed E-state index contributed by atoms with van der Waals surface area (Å²) >= 11 is 0. The number of hydrogen-bond acceptors (Lipinski definition) is 7. The number of pyridine rings is 1. The van der Waals surface area contributed by atoms with E-state index in [9.17, 15) is 31.9 Å². The minimum absolute atomic E-state index is 0.0232. The molecule has 0 spiro atoms. The smallest absolute Gasteiger partial charge is 0.479 e. The van der Waals surface area contributed by atoms with Crippen molar-refractivity contribution in [3.05, 3.63) is 59.0 Å². The fourth-order valence-electron chi connectivity index (χ4n) is 6.02. The molecule has 1 N–H and O–H groups in total. The predicted molar refractivity (Wildman–Crippen MR) is 138 cm³/mol. The number of carboxylic acids is 1. The standard InChI is InChI=1S/C29H28F5N3O6/c1-16(17-8-9-20-22(14-17)43-29(33,34)42-20)40-23-15-18(10-13-35-23)37-24-19(25(36-37)28(30,31)32)6-5-7-21(24)41-27(26(38)39)11-3-2-4-12-27/h8-10,13-16,21H,2-7,11-12H2,1H3,(H,38,39)/t16-,21-/m0/s1. The van der Waals surface area contributed by atoms with Gasteiger partial charge in [0, 0.05) is 17.8 Å². The molecule has 1 saturated carbocycles. The SMILES string of the molecule is C[C@H](Oc1cc(-n2nc(C(F)(F)F)c3c2[C@@H](OC2(C(=O)O)CCCCC2)CCC3)ccn1)c1ccc2c(c1)OC(F)(F)O2. The Morgan fingerprint density at radius 2 is 1.84 bits per heavy atom. The summed E-state index contributed by atoms with van der Waals surface area (Å²) in [5.41, 5.74) is -1.73. The van der Waals surface area contributed by atoms with Crippen LogP contribution in [0.1, 0.15) is 86.6 Å². The molecule has 230 valence electrons. The Kier molecular flexibility index (Phi) is 7.22. The maximum atomic E-state index is 14.2. The van der Waals surface area contributed by atoms with Gasteiger partial charge in [-0.1, -0.05) is 12.5 Å². The van der Waals surface area contributed by atoms with E-state index < -0.39 is 41.9 Å². The molecule has 43 heavy (non-hydrogen) atoms. The molecule has 9 nitrogen and oxygen atoms in total. The van der Waals surface area contributed by atoms with Crippen molar-refractivity contribution in [2.75, 3.05) is 0 Å². The molecule has 1 aromatic carbocycles. The maximum absolute atomic E-state index is 14.2.